The summed E-state index contributed by atoms with van der Waals surface area (Å²) in [5.41, 5.74) is 0. The molecule has 75 heavy (non-hydrogen) atoms. The Balaban J connectivity index is 4.43. The molecule has 0 spiro atoms. The predicted octanol–water partition coefficient (Wildman–Crippen LogP) is 21.4. The largest absolute Gasteiger partial charge is 0.462 e. The van der Waals surface area contributed by atoms with Crippen molar-refractivity contribution in [2.45, 2.75) is 297 Å². The topological polar surface area (TPSA) is 78.9 Å². The van der Waals surface area contributed by atoms with Crippen LogP contribution in [-0.2, 0) is 28.6 Å². The summed E-state index contributed by atoms with van der Waals surface area (Å²) in [5, 5.41) is 0. The third-order valence-electron chi connectivity index (χ3n) is 13.2. The van der Waals surface area contributed by atoms with Crippen molar-refractivity contribution < 1.29 is 28.6 Å². The lowest BCUT2D eigenvalue weighted by Crippen LogP contribution is -2.30. The van der Waals surface area contributed by atoms with Gasteiger partial charge in [-0.2, -0.15) is 0 Å². The van der Waals surface area contributed by atoms with Gasteiger partial charge in [-0.05, 0) is 128 Å². The second kappa shape index (κ2) is 62.6. The molecule has 0 N–H and O–H groups in total. The molecule has 0 aromatic carbocycles. The van der Waals surface area contributed by atoms with E-state index in [1.54, 1.807) is 0 Å². The molecule has 0 aromatic rings. The summed E-state index contributed by atoms with van der Waals surface area (Å²) in [6.07, 6.45) is 85.1. The van der Waals surface area contributed by atoms with Crippen LogP contribution in [0.25, 0.3) is 0 Å². The van der Waals surface area contributed by atoms with Crippen LogP contribution in [0.3, 0.4) is 0 Å². The van der Waals surface area contributed by atoms with Crippen molar-refractivity contribution in [2.75, 3.05) is 13.2 Å². The van der Waals surface area contributed by atoms with Gasteiger partial charge in [0.25, 0.3) is 0 Å². The molecule has 6 nitrogen and oxygen atoms in total. The standard InChI is InChI=1S/C69H116O6/c1-4-7-10-13-16-19-22-25-28-30-32-33-34-35-37-38-41-44-47-50-53-56-59-62-68(71)74-65-66(64-73-67(70)61-58-55-52-49-46-43-40-27-24-21-18-15-12-9-6-3)75-69(72)63-60-57-54-51-48-45-42-39-36-31-29-26-23-20-17-14-11-8-5-2/h8,11,17-18,20-22,25-27,29-30,32,34-36,39-40,66H,4-7,9-10,12-16,19,23-24,28,31,33,37-38,41-65H2,1-3H3/b11-8-,20-17-,21-18-,25-22-,29-26-,32-30-,35-34-,39-36-,40-27-. The minimum Gasteiger partial charge on any atom is -0.462 e. The molecule has 0 fully saturated rings. The lowest BCUT2D eigenvalue weighted by atomic mass is 10.1. The number of hydrogen-bond donors (Lipinski definition) is 0. The van der Waals surface area contributed by atoms with Gasteiger partial charge < -0.3 is 14.2 Å². The van der Waals surface area contributed by atoms with Crippen molar-refractivity contribution in [1.29, 1.82) is 0 Å². The number of carbonyl (C=O) groups excluding carboxylic acids is 3. The normalized spacial score (nSPS) is 12.8. The van der Waals surface area contributed by atoms with E-state index in [4.69, 9.17) is 14.2 Å². The SMILES string of the molecule is CC/C=C\C/C=C\C/C=C\C/C=C\CCCCCCCCC(=O)OC(COC(=O)CCCCCCC/C=C\C/C=C\CCCCC)COC(=O)CCCCCCCCCC/C=C\C/C=C\C/C=C\CCCCCCC. The van der Waals surface area contributed by atoms with E-state index in [0.29, 0.717) is 19.3 Å². The van der Waals surface area contributed by atoms with Crippen LogP contribution in [-0.4, -0.2) is 37.2 Å². The summed E-state index contributed by atoms with van der Waals surface area (Å²) in [5.74, 6) is -0.923. The number of unbranched alkanes of at least 4 members (excludes halogenated alkanes) is 27. The molecule has 0 radical (unpaired) electrons. The first-order chi connectivity index (χ1) is 37.0. The van der Waals surface area contributed by atoms with Gasteiger partial charge >= 0.3 is 17.9 Å². The summed E-state index contributed by atoms with van der Waals surface area (Å²) in [6.45, 7) is 6.47. The smallest absolute Gasteiger partial charge is 0.306 e. The lowest BCUT2D eigenvalue weighted by Gasteiger charge is -2.18. The minimum atomic E-state index is -0.798. The van der Waals surface area contributed by atoms with Crippen LogP contribution >= 0.6 is 0 Å². The van der Waals surface area contributed by atoms with Crippen LogP contribution in [0.1, 0.15) is 290 Å². The summed E-state index contributed by atoms with van der Waals surface area (Å²) in [7, 11) is 0. The predicted molar refractivity (Wildman–Crippen MR) is 325 cm³/mol. The zero-order chi connectivity index (χ0) is 54.3. The maximum absolute atomic E-state index is 12.9. The fourth-order valence-electron chi connectivity index (χ4n) is 8.53. The van der Waals surface area contributed by atoms with Gasteiger partial charge in [-0.1, -0.05) is 252 Å². The van der Waals surface area contributed by atoms with Crippen LogP contribution < -0.4 is 0 Å². The van der Waals surface area contributed by atoms with Crippen molar-refractivity contribution >= 4 is 17.9 Å². The third-order valence-corrected chi connectivity index (χ3v) is 13.2. The van der Waals surface area contributed by atoms with E-state index >= 15 is 0 Å². The lowest BCUT2D eigenvalue weighted by molar-refractivity contribution is -0.167. The molecule has 0 bridgehead atoms. The molecule has 0 saturated carbocycles. The molecular weight excluding hydrogens is 925 g/mol. The third kappa shape index (κ3) is 60.8. The Kier molecular flexibility index (Phi) is 59.3. The zero-order valence-corrected chi connectivity index (χ0v) is 49.0. The van der Waals surface area contributed by atoms with Crippen molar-refractivity contribution in [3.63, 3.8) is 0 Å². The van der Waals surface area contributed by atoms with E-state index in [-0.39, 0.29) is 31.1 Å². The molecule has 0 amide bonds. The van der Waals surface area contributed by atoms with E-state index in [1.165, 1.54) is 109 Å². The molecular formula is C69H116O6. The van der Waals surface area contributed by atoms with Crippen molar-refractivity contribution in [1.82, 2.24) is 0 Å². The quantitative estimate of drug-likeness (QED) is 0.0261. The van der Waals surface area contributed by atoms with Gasteiger partial charge in [-0.15, -0.1) is 0 Å². The average molecular weight is 1040 g/mol. The molecule has 0 rings (SSSR count). The van der Waals surface area contributed by atoms with Gasteiger partial charge in [-0.3, -0.25) is 14.4 Å². The van der Waals surface area contributed by atoms with Gasteiger partial charge in [-0.25, -0.2) is 0 Å². The highest BCUT2D eigenvalue weighted by Gasteiger charge is 2.19. The highest BCUT2D eigenvalue weighted by atomic mass is 16.6. The minimum absolute atomic E-state index is 0.0936. The Bertz CT molecular complexity index is 1520. The second-order valence-corrected chi connectivity index (χ2v) is 20.6. The molecule has 0 aliphatic rings. The number of carbonyl (C=O) groups is 3. The first-order valence-corrected chi connectivity index (χ1v) is 31.4. The van der Waals surface area contributed by atoms with E-state index in [2.05, 4.69) is 130 Å². The van der Waals surface area contributed by atoms with E-state index in [0.717, 1.165) is 141 Å². The van der Waals surface area contributed by atoms with Crippen LogP contribution in [0, 0.1) is 0 Å². The fraction of sp³-hybridized carbons (Fsp3) is 0.696. The molecule has 0 aliphatic heterocycles. The Hall–Kier alpha value is -3.93. The average Bonchev–Trinajstić information content (AvgIpc) is 3.41. The Morgan fingerprint density at radius 3 is 0.840 bits per heavy atom. The van der Waals surface area contributed by atoms with E-state index < -0.39 is 6.10 Å². The monoisotopic (exact) mass is 1040 g/mol. The first kappa shape index (κ1) is 71.1. The number of ether oxygens (including phenoxy) is 3. The summed E-state index contributed by atoms with van der Waals surface area (Å²) in [6, 6.07) is 0. The van der Waals surface area contributed by atoms with Crippen molar-refractivity contribution in [3.8, 4) is 0 Å². The van der Waals surface area contributed by atoms with Gasteiger partial charge in [0, 0.05) is 19.3 Å². The molecule has 1 unspecified atom stereocenters. The maximum Gasteiger partial charge on any atom is 0.306 e. The van der Waals surface area contributed by atoms with Crippen molar-refractivity contribution in [3.05, 3.63) is 109 Å². The Labute approximate surface area is 463 Å². The van der Waals surface area contributed by atoms with Gasteiger partial charge in [0.1, 0.15) is 13.2 Å². The van der Waals surface area contributed by atoms with Gasteiger partial charge in [0.15, 0.2) is 6.10 Å². The molecule has 6 heteroatoms. The summed E-state index contributed by atoms with van der Waals surface area (Å²) >= 11 is 0. The molecule has 0 aromatic heterocycles. The van der Waals surface area contributed by atoms with Gasteiger partial charge in [0.05, 0.1) is 0 Å². The fourth-order valence-corrected chi connectivity index (χ4v) is 8.53. The molecule has 428 valence electrons. The Morgan fingerprint density at radius 2 is 0.520 bits per heavy atom. The zero-order valence-electron chi connectivity index (χ0n) is 49.0. The molecule has 0 heterocycles. The highest BCUT2D eigenvalue weighted by Crippen LogP contribution is 2.15. The number of allylic oxidation sites excluding steroid dienone is 18. The van der Waals surface area contributed by atoms with Crippen LogP contribution in [0.5, 0.6) is 0 Å². The molecule has 0 aliphatic carbocycles. The number of esters is 3. The van der Waals surface area contributed by atoms with Crippen LogP contribution in [0.15, 0.2) is 109 Å². The number of rotatable bonds is 56. The first-order valence-electron chi connectivity index (χ1n) is 31.4. The Morgan fingerprint density at radius 1 is 0.280 bits per heavy atom. The highest BCUT2D eigenvalue weighted by molar-refractivity contribution is 5.71. The van der Waals surface area contributed by atoms with Crippen molar-refractivity contribution in [2.24, 2.45) is 0 Å². The number of hydrogen-bond acceptors (Lipinski definition) is 6. The van der Waals surface area contributed by atoms with E-state index in [1.807, 2.05) is 0 Å². The summed E-state index contributed by atoms with van der Waals surface area (Å²) in [4.78, 5) is 38.3. The van der Waals surface area contributed by atoms with Gasteiger partial charge in [0.2, 0.25) is 0 Å². The molecule has 1 atom stereocenters. The second-order valence-electron chi connectivity index (χ2n) is 20.6. The molecule has 0 saturated heterocycles. The van der Waals surface area contributed by atoms with E-state index in [9.17, 15) is 14.4 Å². The summed E-state index contributed by atoms with van der Waals surface area (Å²) < 4.78 is 16.9. The maximum atomic E-state index is 12.9. The van der Waals surface area contributed by atoms with Crippen LogP contribution in [0.4, 0.5) is 0 Å². The van der Waals surface area contributed by atoms with Crippen LogP contribution in [0.2, 0.25) is 0 Å².